The minimum absolute atomic E-state index is 0.181. The van der Waals surface area contributed by atoms with E-state index in [1.165, 1.54) is 6.33 Å². The third-order valence-electron chi connectivity index (χ3n) is 2.63. The molecule has 2 aromatic rings. The summed E-state index contributed by atoms with van der Waals surface area (Å²) in [5, 5.41) is 11.9. The third kappa shape index (κ3) is 3.91. The van der Waals surface area contributed by atoms with E-state index in [1.54, 1.807) is 12.3 Å². The summed E-state index contributed by atoms with van der Waals surface area (Å²) in [5.74, 6) is 1.05. The summed E-state index contributed by atoms with van der Waals surface area (Å²) >= 11 is 0. The van der Waals surface area contributed by atoms with Crippen LogP contribution in [0.4, 0.5) is 16.3 Å². The van der Waals surface area contributed by atoms with Gasteiger partial charge in [0.05, 0.1) is 24.2 Å². The van der Waals surface area contributed by atoms with Crippen molar-refractivity contribution in [2.75, 3.05) is 17.2 Å². The van der Waals surface area contributed by atoms with E-state index in [-0.39, 0.29) is 5.92 Å². The van der Waals surface area contributed by atoms with Gasteiger partial charge in [0.25, 0.3) is 0 Å². The molecule has 0 unspecified atom stereocenters. The van der Waals surface area contributed by atoms with Crippen molar-refractivity contribution in [3.63, 3.8) is 0 Å². The fourth-order valence-corrected chi connectivity index (χ4v) is 1.76. The Morgan fingerprint density at radius 2 is 2.24 bits per heavy atom. The fourth-order valence-electron chi connectivity index (χ4n) is 1.76. The molecule has 112 valence electrons. The summed E-state index contributed by atoms with van der Waals surface area (Å²) in [5.41, 5.74) is 1.36. The van der Waals surface area contributed by atoms with Crippen LogP contribution in [0.3, 0.4) is 0 Å². The second kappa shape index (κ2) is 6.69. The molecule has 2 amide bonds. The van der Waals surface area contributed by atoms with Gasteiger partial charge in [-0.1, -0.05) is 13.8 Å². The molecule has 2 heterocycles. The van der Waals surface area contributed by atoms with Crippen molar-refractivity contribution in [2.24, 2.45) is 0 Å². The van der Waals surface area contributed by atoms with E-state index in [2.05, 4.69) is 30.8 Å². The molecular formula is C13H18N6O2. The van der Waals surface area contributed by atoms with Crippen LogP contribution < -0.4 is 15.4 Å². The Hall–Kier alpha value is -2.64. The topological polar surface area (TPSA) is 105 Å². The molecule has 0 aliphatic carbocycles. The fraction of sp³-hybridized carbons (Fsp3) is 0.385. The SMILES string of the molecule is CCOc1cc(NC(=O)Nc2cncnc2C(C)C)[nH]n1. The van der Waals surface area contributed by atoms with Crippen molar-refractivity contribution in [3.8, 4) is 5.88 Å². The molecule has 2 rings (SSSR count). The maximum atomic E-state index is 12.0. The van der Waals surface area contributed by atoms with Crippen molar-refractivity contribution in [1.29, 1.82) is 0 Å². The van der Waals surface area contributed by atoms with Crippen molar-refractivity contribution >= 4 is 17.5 Å². The van der Waals surface area contributed by atoms with Gasteiger partial charge in [-0.05, 0) is 12.8 Å². The van der Waals surface area contributed by atoms with Crippen LogP contribution in [0.15, 0.2) is 18.6 Å². The third-order valence-corrected chi connectivity index (χ3v) is 2.63. The van der Waals surface area contributed by atoms with Crippen molar-refractivity contribution < 1.29 is 9.53 Å². The molecule has 0 aliphatic heterocycles. The van der Waals surface area contributed by atoms with Gasteiger partial charge in [0.15, 0.2) is 0 Å². The first-order valence-electron chi connectivity index (χ1n) is 6.66. The lowest BCUT2D eigenvalue weighted by Gasteiger charge is -2.11. The van der Waals surface area contributed by atoms with Gasteiger partial charge in [-0.25, -0.2) is 14.8 Å². The first kappa shape index (κ1) is 14.8. The van der Waals surface area contributed by atoms with Crippen LogP contribution in [0, 0.1) is 0 Å². The highest BCUT2D eigenvalue weighted by atomic mass is 16.5. The molecule has 0 aliphatic rings. The van der Waals surface area contributed by atoms with Gasteiger partial charge >= 0.3 is 6.03 Å². The Morgan fingerprint density at radius 1 is 1.43 bits per heavy atom. The van der Waals surface area contributed by atoms with E-state index < -0.39 is 6.03 Å². The van der Waals surface area contributed by atoms with Crippen LogP contribution >= 0.6 is 0 Å². The van der Waals surface area contributed by atoms with Crippen LogP contribution in [0.2, 0.25) is 0 Å². The van der Waals surface area contributed by atoms with Gasteiger partial charge in [-0.15, -0.1) is 5.10 Å². The maximum Gasteiger partial charge on any atom is 0.324 e. The molecule has 2 aromatic heterocycles. The first-order valence-corrected chi connectivity index (χ1v) is 6.66. The number of urea groups is 1. The Morgan fingerprint density at radius 3 is 2.95 bits per heavy atom. The number of carbonyl (C=O) groups excluding carboxylic acids is 1. The molecule has 8 nitrogen and oxygen atoms in total. The van der Waals surface area contributed by atoms with Crippen LogP contribution in [0.1, 0.15) is 32.4 Å². The molecular weight excluding hydrogens is 272 g/mol. The molecule has 0 bridgehead atoms. The zero-order valence-corrected chi connectivity index (χ0v) is 12.2. The molecule has 0 fully saturated rings. The van der Waals surface area contributed by atoms with Gasteiger partial charge in [-0.3, -0.25) is 10.4 Å². The smallest absolute Gasteiger partial charge is 0.324 e. The van der Waals surface area contributed by atoms with Crippen molar-refractivity contribution in [1.82, 2.24) is 20.2 Å². The summed E-state index contributed by atoms with van der Waals surface area (Å²) in [6.45, 7) is 6.36. The van der Waals surface area contributed by atoms with Crippen LogP contribution in [-0.2, 0) is 0 Å². The average Bonchev–Trinajstić information content (AvgIpc) is 2.86. The van der Waals surface area contributed by atoms with E-state index in [1.807, 2.05) is 20.8 Å². The second-order valence-electron chi connectivity index (χ2n) is 4.61. The lowest BCUT2D eigenvalue weighted by atomic mass is 10.1. The molecule has 0 atom stereocenters. The summed E-state index contributed by atoms with van der Waals surface area (Å²) in [7, 11) is 0. The Balaban J connectivity index is 2.01. The molecule has 21 heavy (non-hydrogen) atoms. The number of aromatic amines is 1. The van der Waals surface area contributed by atoms with Gasteiger partial charge in [-0.2, -0.15) is 0 Å². The van der Waals surface area contributed by atoms with Crippen LogP contribution in [-0.4, -0.2) is 32.8 Å². The summed E-state index contributed by atoms with van der Waals surface area (Å²) in [6.07, 6.45) is 3.03. The largest absolute Gasteiger partial charge is 0.477 e. The highest BCUT2D eigenvalue weighted by Gasteiger charge is 2.12. The van der Waals surface area contributed by atoms with E-state index in [0.29, 0.717) is 24.0 Å². The molecule has 0 radical (unpaired) electrons. The van der Waals surface area contributed by atoms with Gasteiger partial charge in [0.2, 0.25) is 5.88 Å². The zero-order valence-electron chi connectivity index (χ0n) is 12.2. The van der Waals surface area contributed by atoms with E-state index >= 15 is 0 Å². The standard InChI is InChI=1S/C13H18N6O2/c1-4-21-11-5-10(18-19-11)17-13(20)16-9-6-14-7-15-12(9)8(2)3/h5-8H,4H2,1-3H3,(H3,16,17,18,19,20). The predicted molar refractivity (Wildman–Crippen MR) is 78.5 cm³/mol. The van der Waals surface area contributed by atoms with Gasteiger partial charge in [0, 0.05) is 6.07 Å². The summed E-state index contributed by atoms with van der Waals surface area (Å²) < 4.78 is 5.20. The van der Waals surface area contributed by atoms with Crippen LogP contribution in [0.5, 0.6) is 5.88 Å². The Labute approximate surface area is 122 Å². The minimum atomic E-state index is -0.404. The molecule has 0 aromatic carbocycles. The molecule has 0 spiro atoms. The molecule has 8 heteroatoms. The van der Waals surface area contributed by atoms with Crippen molar-refractivity contribution in [3.05, 3.63) is 24.3 Å². The number of hydrogen-bond donors (Lipinski definition) is 3. The molecule has 0 saturated heterocycles. The van der Waals surface area contributed by atoms with Crippen molar-refractivity contribution in [2.45, 2.75) is 26.7 Å². The number of hydrogen-bond acceptors (Lipinski definition) is 5. The number of carbonyl (C=O) groups is 1. The number of aromatic nitrogens is 4. The number of anilines is 2. The van der Waals surface area contributed by atoms with Gasteiger partial charge in [0.1, 0.15) is 12.1 Å². The molecule has 3 N–H and O–H groups in total. The quantitative estimate of drug-likeness (QED) is 0.784. The number of ether oxygens (including phenoxy) is 1. The number of nitrogens with zero attached hydrogens (tertiary/aromatic N) is 3. The zero-order chi connectivity index (χ0) is 15.2. The van der Waals surface area contributed by atoms with E-state index in [4.69, 9.17) is 4.74 Å². The normalized spacial score (nSPS) is 10.5. The highest BCUT2D eigenvalue weighted by Crippen LogP contribution is 2.20. The first-order chi connectivity index (χ1) is 10.1. The monoisotopic (exact) mass is 290 g/mol. The number of amides is 2. The predicted octanol–water partition coefficient (Wildman–Crippen LogP) is 2.37. The number of H-pyrrole nitrogens is 1. The number of nitrogens with one attached hydrogen (secondary N) is 3. The average molecular weight is 290 g/mol. The second-order valence-corrected chi connectivity index (χ2v) is 4.61. The summed E-state index contributed by atoms with van der Waals surface area (Å²) in [4.78, 5) is 20.1. The molecule has 0 saturated carbocycles. The minimum Gasteiger partial charge on any atom is -0.477 e. The summed E-state index contributed by atoms with van der Waals surface area (Å²) in [6, 6.07) is 1.20. The van der Waals surface area contributed by atoms with E-state index in [9.17, 15) is 4.79 Å². The van der Waals surface area contributed by atoms with Crippen LogP contribution in [0.25, 0.3) is 0 Å². The maximum absolute atomic E-state index is 12.0. The Kier molecular flexibility index (Phi) is 4.70. The van der Waals surface area contributed by atoms with E-state index in [0.717, 1.165) is 5.69 Å². The Bertz CT molecular complexity index is 610. The highest BCUT2D eigenvalue weighted by molar-refractivity contribution is 5.99. The lowest BCUT2D eigenvalue weighted by Crippen LogP contribution is -2.21. The van der Waals surface area contributed by atoms with Gasteiger partial charge < -0.3 is 10.1 Å². The lowest BCUT2D eigenvalue weighted by molar-refractivity contribution is 0.262. The number of rotatable bonds is 5.